The molecule has 0 radical (unpaired) electrons. The Morgan fingerprint density at radius 3 is 1.33 bits per heavy atom. The van der Waals surface area contributed by atoms with Crippen LogP contribution in [0.1, 0.15) is 64.2 Å². The summed E-state index contributed by atoms with van der Waals surface area (Å²) in [6.45, 7) is 0. The first-order valence-corrected chi connectivity index (χ1v) is 9.04. The minimum absolute atomic E-state index is 0.794. The van der Waals surface area contributed by atoms with E-state index in [1.165, 1.54) is 49.9 Å². The van der Waals surface area contributed by atoms with Crippen molar-refractivity contribution in [1.82, 2.24) is 0 Å². The highest BCUT2D eigenvalue weighted by Crippen LogP contribution is 2.37. The summed E-state index contributed by atoms with van der Waals surface area (Å²) in [5.41, 5.74) is 11.3. The van der Waals surface area contributed by atoms with Crippen molar-refractivity contribution in [2.75, 3.05) is 10.9 Å². The molecule has 0 atom stereocenters. The molecule has 3 rings (SSSR count). The minimum atomic E-state index is 0.794. The number of benzene rings is 1. The fourth-order valence-electron chi connectivity index (χ4n) is 3.48. The molecule has 0 heterocycles. The monoisotopic (exact) mass is 328 g/mol. The van der Waals surface area contributed by atoms with Gasteiger partial charge in [0.2, 0.25) is 0 Å². The summed E-state index contributed by atoms with van der Waals surface area (Å²) < 4.78 is 0. The number of anilines is 2. The van der Waals surface area contributed by atoms with Crippen LogP contribution in [0, 0.1) is 0 Å². The predicted octanol–water partition coefficient (Wildman–Crippen LogP) is 4.33. The number of hydrogen-bond donors (Lipinski definition) is 4. The molecule has 0 amide bonds. The number of nitrogen functional groups attached to an aromatic ring is 2. The summed E-state index contributed by atoms with van der Waals surface area (Å²) in [5.74, 6) is 11.5. The van der Waals surface area contributed by atoms with Crippen LogP contribution < -0.4 is 22.5 Å². The quantitative estimate of drug-likeness (QED) is 0.488. The molecule has 6 heteroatoms. The highest BCUT2D eigenvalue weighted by atomic mass is 15.2. The van der Waals surface area contributed by atoms with Gasteiger partial charge in [-0.2, -0.15) is 0 Å². The van der Waals surface area contributed by atoms with Crippen LogP contribution in [0.5, 0.6) is 0 Å². The second kappa shape index (κ2) is 8.26. The molecule has 6 nitrogen and oxygen atoms in total. The molecule has 0 aromatic heterocycles. The van der Waals surface area contributed by atoms with E-state index in [9.17, 15) is 0 Å². The Labute approximate surface area is 143 Å². The Morgan fingerprint density at radius 1 is 0.625 bits per heavy atom. The Bertz CT molecular complexity index is 563. The van der Waals surface area contributed by atoms with Gasteiger partial charge in [0.25, 0.3) is 0 Å². The standard InChI is InChI=1S/C18H28N6/c19-23-17-12-16(22-14-9-5-2-6-10-14)18(24-20)11-15(17)21-13-7-3-1-4-8-13/h11-12,23-24H,1-10,19-20H2. The van der Waals surface area contributed by atoms with E-state index in [0.717, 1.165) is 48.4 Å². The van der Waals surface area contributed by atoms with Crippen LogP contribution in [0.15, 0.2) is 22.1 Å². The molecule has 0 aliphatic heterocycles. The Morgan fingerprint density at radius 2 is 1.00 bits per heavy atom. The summed E-state index contributed by atoms with van der Waals surface area (Å²) >= 11 is 0. The van der Waals surface area contributed by atoms with Gasteiger partial charge in [-0.1, -0.05) is 12.8 Å². The lowest BCUT2D eigenvalue weighted by Crippen LogP contribution is -2.11. The molecule has 2 aliphatic carbocycles. The van der Waals surface area contributed by atoms with Crippen molar-refractivity contribution in [2.45, 2.75) is 64.2 Å². The molecule has 130 valence electrons. The van der Waals surface area contributed by atoms with E-state index in [1.807, 2.05) is 12.1 Å². The summed E-state index contributed by atoms with van der Waals surface area (Å²) in [6, 6.07) is 3.89. The van der Waals surface area contributed by atoms with Gasteiger partial charge in [0, 0.05) is 11.4 Å². The van der Waals surface area contributed by atoms with Crippen molar-refractivity contribution in [1.29, 1.82) is 0 Å². The molecule has 2 aliphatic rings. The van der Waals surface area contributed by atoms with Gasteiger partial charge < -0.3 is 10.9 Å². The maximum Gasteiger partial charge on any atom is 0.0896 e. The third kappa shape index (κ3) is 4.13. The first-order valence-electron chi connectivity index (χ1n) is 9.04. The van der Waals surface area contributed by atoms with Gasteiger partial charge in [0.15, 0.2) is 0 Å². The Kier molecular flexibility index (Phi) is 5.82. The third-order valence-corrected chi connectivity index (χ3v) is 4.84. The summed E-state index contributed by atoms with van der Waals surface area (Å²) in [7, 11) is 0. The molecule has 1 aromatic rings. The van der Waals surface area contributed by atoms with Gasteiger partial charge >= 0.3 is 0 Å². The molecule has 0 unspecified atom stereocenters. The number of aliphatic imine (C=N–C) groups is 2. The van der Waals surface area contributed by atoms with Crippen molar-refractivity contribution < 1.29 is 0 Å². The Hall–Kier alpha value is -1.92. The van der Waals surface area contributed by atoms with Crippen LogP contribution in [-0.2, 0) is 0 Å². The number of hydrazine groups is 2. The zero-order valence-corrected chi connectivity index (χ0v) is 14.3. The summed E-state index contributed by atoms with van der Waals surface area (Å²) in [4.78, 5) is 9.63. The average molecular weight is 328 g/mol. The van der Waals surface area contributed by atoms with Crippen molar-refractivity contribution in [2.24, 2.45) is 21.7 Å². The average Bonchev–Trinajstić information content (AvgIpc) is 2.64. The fourth-order valence-corrected chi connectivity index (χ4v) is 3.48. The number of nitrogens with two attached hydrogens (primary N) is 2. The van der Waals surface area contributed by atoms with Crippen LogP contribution in [0.4, 0.5) is 22.7 Å². The zero-order valence-electron chi connectivity index (χ0n) is 14.3. The maximum atomic E-state index is 5.73. The van der Waals surface area contributed by atoms with Gasteiger partial charge in [0.05, 0.1) is 22.7 Å². The van der Waals surface area contributed by atoms with Crippen LogP contribution in [-0.4, -0.2) is 11.4 Å². The molecule has 0 bridgehead atoms. The highest BCUT2D eigenvalue weighted by Gasteiger charge is 2.13. The van der Waals surface area contributed by atoms with E-state index < -0.39 is 0 Å². The molecule has 1 aromatic carbocycles. The fraction of sp³-hybridized carbons (Fsp3) is 0.556. The van der Waals surface area contributed by atoms with E-state index in [-0.39, 0.29) is 0 Å². The molecule has 24 heavy (non-hydrogen) atoms. The maximum absolute atomic E-state index is 5.73. The van der Waals surface area contributed by atoms with E-state index in [4.69, 9.17) is 21.7 Å². The lowest BCUT2D eigenvalue weighted by molar-refractivity contribution is 0.667. The highest BCUT2D eigenvalue weighted by molar-refractivity contribution is 5.93. The zero-order chi connectivity index (χ0) is 16.8. The molecular weight excluding hydrogens is 300 g/mol. The summed E-state index contributed by atoms with van der Waals surface area (Å²) in [5, 5.41) is 0. The second-order valence-electron chi connectivity index (χ2n) is 6.65. The molecule has 0 spiro atoms. The second-order valence-corrected chi connectivity index (χ2v) is 6.65. The third-order valence-electron chi connectivity index (χ3n) is 4.84. The van der Waals surface area contributed by atoms with E-state index in [2.05, 4.69) is 10.9 Å². The predicted molar refractivity (Wildman–Crippen MR) is 102 cm³/mol. The van der Waals surface area contributed by atoms with Gasteiger partial charge in [-0.3, -0.25) is 21.7 Å². The topological polar surface area (TPSA) is 101 Å². The van der Waals surface area contributed by atoms with Gasteiger partial charge in [-0.05, 0) is 63.5 Å². The molecule has 6 N–H and O–H groups in total. The smallest absolute Gasteiger partial charge is 0.0896 e. The van der Waals surface area contributed by atoms with Crippen LogP contribution in [0.25, 0.3) is 0 Å². The van der Waals surface area contributed by atoms with Crippen LogP contribution >= 0.6 is 0 Å². The van der Waals surface area contributed by atoms with E-state index >= 15 is 0 Å². The van der Waals surface area contributed by atoms with Gasteiger partial charge in [0.1, 0.15) is 0 Å². The normalized spacial score (nSPS) is 18.2. The van der Waals surface area contributed by atoms with Crippen LogP contribution in [0.3, 0.4) is 0 Å². The Balaban J connectivity index is 1.93. The molecule has 2 saturated carbocycles. The van der Waals surface area contributed by atoms with E-state index in [1.54, 1.807) is 0 Å². The minimum Gasteiger partial charge on any atom is -0.322 e. The molecule has 2 fully saturated rings. The lowest BCUT2D eigenvalue weighted by atomic mass is 9.98. The lowest BCUT2D eigenvalue weighted by Gasteiger charge is -2.17. The van der Waals surface area contributed by atoms with E-state index in [0.29, 0.717) is 0 Å². The van der Waals surface area contributed by atoms with Gasteiger partial charge in [-0.15, -0.1) is 0 Å². The van der Waals surface area contributed by atoms with Gasteiger partial charge in [-0.25, -0.2) is 0 Å². The first kappa shape index (κ1) is 16.9. The van der Waals surface area contributed by atoms with Crippen molar-refractivity contribution in [3.8, 4) is 0 Å². The number of hydrogen-bond acceptors (Lipinski definition) is 6. The first-order chi connectivity index (χ1) is 11.8. The SMILES string of the molecule is NNc1cc(N=C2CCCCC2)c(NN)cc1N=C1CCCCC1. The molecular formula is C18H28N6. The van der Waals surface area contributed by atoms with Crippen molar-refractivity contribution >= 4 is 34.2 Å². The van der Waals surface area contributed by atoms with Crippen molar-refractivity contribution in [3.63, 3.8) is 0 Å². The molecule has 0 saturated heterocycles. The largest absolute Gasteiger partial charge is 0.322 e. The number of nitrogens with zero attached hydrogens (tertiary/aromatic N) is 2. The van der Waals surface area contributed by atoms with Crippen LogP contribution in [0.2, 0.25) is 0 Å². The van der Waals surface area contributed by atoms with Crippen molar-refractivity contribution in [3.05, 3.63) is 12.1 Å². The number of rotatable bonds is 4. The number of nitrogens with one attached hydrogen (secondary N) is 2. The summed E-state index contributed by atoms with van der Waals surface area (Å²) in [6.07, 6.45) is 11.8.